The second-order valence-electron chi connectivity index (χ2n) is 6.03. The van der Waals surface area contributed by atoms with Crippen molar-refractivity contribution >= 4 is 17.2 Å². The monoisotopic (exact) mass is 341 g/mol. The van der Waals surface area contributed by atoms with Gasteiger partial charge in [0.1, 0.15) is 11.6 Å². The normalized spacial score (nSPS) is 13.4. The van der Waals surface area contributed by atoms with Crippen LogP contribution in [0.25, 0.3) is 0 Å². The lowest BCUT2D eigenvalue weighted by Gasteiger charge is -2.11. The van der Waals surface area contributed by atoms with Crippen LogP contribution in [0.5, 0.6) is 0 Å². The van der Waals surface area contributed by atoms with Crippen molar-refractivity contribution in [3.63, 3.8) is 0 Å². The van der Waals surface area contributed by atoms with Crippen LogP contribution in [0, 0.1) is 11.3 Å². The molecule has 0 bridgehead atoms. The highest BCUT2D eigenvalue weighted by Gasteiger charge is 2.16. The summed E-state index contributed by atoms with van der Waals surface area (Å²) in [5.41, 5.74) is 3.89. The summed E-state index contributed by atoms with van der Waals surface area (Å²) < 4.78 is 0. The predicted molar refractivity (Wildman–Crippen MR) is 96.5 cm³/mol. The topological polar surface area (TPSA) is 74.5 Å². The Bertz CT molecular complexity index is 736. The number of nitriles is 1. The van der Waals surface area contributed by atoms with Crippen molar-refractivity contribution in [3.05, 3.63) is 32.4 Å². The fourth-order valence-electron chi connectivity index (χ4n) is 3.22. The Morgan fingerprint density at radius 1 is 1.17 bits per heavy atom. The summed E-state index contributed by atoms with van der Waals surface area (Å²) in [6, 6.07) is 2.30. The summed E-state index contributed by atoms with van der Waals surface area (Å²) in [5.74, 6) is 0.605. The first-order valence-electron chi connectivity index (χ1n) is 8.76. The quantitative estimate of drug-likeness (QED) is 0.871. The minimum atomic E-state index is 0.605. The molecule has 1 aliphatic rings. The van der Waals surface area contributed by atoms with Gasteiger partial charge >= 0.3 is 0 Å². The molecule has 6 heteroatoms. The highest BCUT2D eigenvalue weighted by molar-refractivity contribution is 7.11. The van der Waals surface area contributed by atoms with E-state index in [0.717, 1.165) is 43.5 Å². The van der Waals surface area contributed by atoms with Gasteiger partial charge in [0, 0.05) is 17.8 Å². The number of thiazole rings is 1. The lowest BCUT2D eigenvalue weighted by atomic mass is 10.0. The molecule has 1 N–H and O–H groups in total. The number of nitrogens with zero attached hydrogens (tertiary/aromatic N) is 4. The highest BCUT2D eigenvalue weighted by Crippen LogP contribution is 2.27. The van der Waals surface area contributed by atoms with Crippen molar-refractivity contribution in [1.82, 2.24) is 15.2 Å². The second-order valence-corrected chi connectivity index (χ2v) is 7.20. The fourth-order valence-corrected chi connectivity index (χ4v) is 4.37. The van der Waals surface area contributed by atoms with E-state index in [1.165, 1.54) is 34.8 Å². The van der Waals surface area contributed by atoms with Gasteiger partial charge in [-0.15, -0.1) is 16.4 Å². The molecular weight excluding hydrogens is 318 g/mol. The van der Waals surface area contributed by atoms with Crippen molar-refractivity contribution in [2.24, 2.45) is 0 Å². The molecule has 0 aromatic carbocycles. The molecule has 0 saturated carbocycles. The molecule has 0 atom stereocenters. The Morgan fingerprint density at radius 2 is 2.00 bits per heavy atom. The number of aryl methyl sites for hydroxylation is 3. The molecular formula is C18H23N5S. The minimum Gasteiger partial charge on any atom is -0.367 e. The van der Waals surface area contributed by atoms with Crippen LogP contribution in [-0.2, 0) is 32.1 Å². The average Bonchev–Trinajstić information content (AvgIpc) is 3.03. The van der Waals surface area contributed by atoms with Gasteiger partial charge in [-0.1, -0.05) is 13.8 Å². The molecule has 2 aromatic rings. The molecule has 0 amide bonds. The third-order valence-electron chi connectivity index (χ3n) is 4.48. The molecule has 24 heavy (non-hydrogen) atoms. The number of rotatable bonds is 6. The maximum absolute atomic E-state index is 9.51. The molecule has 3 rings (SSSR count). The van der Waals surface area contributed by atoms with Crippen LogP contribution in [0.15, 0.2) is 0 Å². The maximum Gasteiger partial charge on any atom is 0.166 e. The van der Waals surface area contributed by atoms with E-state index in [1.807, 2.05) is 18.3 Å². The molecule has 0 fully saturated rings. The van der Waals surface area contributed by atoms with Gasteiger partial charge in [0.15, 0.2) is 5.82 Å². The number of hydrogen-bond donors (Lipinski definition) is 1. The summed E-state index contributed by atoms with van der Waals surface area (Å²) in [5, 5.41) is 22.5. The van der Waals surface area contributed by atoms with Crippen molar-refractivity contribution in [3.8, 4) is 6.07 Å². The molecule has 0 radical (unpaired) electrons. The van der Waals surface area contributed by atoms with Crippen LogP contribution in [0.1, 0.15) is 59.1 Å². The lowest BCUT2D eigenvalue weighted by molar-refractivity contribution is 0.680. The summed E-state index contributed by atoms with van der Waals surface area (Å²) in [6.07, 6.45) is 7.33. The van der Waals surface area contributed by atoms with E-state index < -0.39 is 0 Å². The third-order valence-corrected chi connectivity index (χ3v) is 5.70. The molecule has 0 unspecified atom stereocenters. The first-order chi connectivity index (χ1) is 11.8. The maximum atomic E-state index is 9.51. The fraction of sp³-hybridized carbons (Fsp3) is 0.556. The molecule has 2 heterocycles. The van der Waals surface area contributed by atoms with Crippen LogP contribution in [0.3, 0.4) is 0 Å². The van der Waals surface area contributed by atoms with E-state index in [0.29, 0.717) is 11.4 Å². The molecule has 2 aromatic heterocycles. The number of aromatic nitrogens is 3. The van der Waals surface area contributed by atoms with E-state index in [4.69, 9.17) is 4.98 Å². The van der Waals surface area contributed by atoms with Gasteiger partial charge in [-0.05, 0) is 44.1 Å². The van der Waals surface area contributed by atoms with Gasteiger partial charge in [0.05, 0.1) is 16.4 Å². The standard InChI is InChI=1S/C18H23N5S/c1-3-12-13(11-19)18(23-22-14(12)4-2)20-10-9-17-21-15-7-5-6-8-16(15)24-17/h3-10H2,1-2H3,(H,20,23). The van der Waals surface area contributed by atoms with Gasteiger partial charge in [0.25, 0.3) is 0 Å². The summed E-state index contributed by atoms with van der Waals surface area (Å²) >= 11 is 1.84. The SMILES string of the molecule is CCc1nnc(NCCc2nc3c(s2)CCCC3)c(C#N)c1CC. The van der Waals surface area contributed by atoms with Gasteiger partial charge < -0.3 is 5.32 Å². The van der Waals surface area contributed by atoms with Crippen molar-refractivity contribution in [1.29, 1.82) is 5.26 Å². The first kappa shape index (κ1) is 16.8. The summed E-state index contributed by atoms with van der Waals surface area (Å²) in [6.45, 7) is 4.83. The zero-order valence-electron chi connectivity index (χ0n) is 14.4. The highest BCUT2D eigenvalue weighted by atomic mass is 32.1. The van der Waals surface area contributed by atoms with Crippen molar-refractivity contribution in [2.75, 3.05) is 11.9 Å². The van der Waals surface area contributed by atoms with Crippen molar-refractivity contribution < 1.29 is 0 Å². The van der Waals surface area contributed by atoms with Crippen LogP contribution in [-0.4, -0.2) is 21.7 Å². The minimum absolute atomic E-state index is 0.605. The first-order valence-corrected chi connectivity index (χ1v) is 9.58. The number of hydrogen-bond acceptors (Lipinski definition) is 6. The van der Waals surface area contributed by atoms with Crippen LogP contribution < -0.4 is 5.32 Å². The number of fused-ring (bicyclic) bond motifs is 1. The van der Waals surface area contributed by atoms with Gasteiger partial charge in [0.2, 0.25) is 0 Å². The van der Waals surface area contributed by atoms with E-state index in [2.05, 4.69) is 28.5 Å². The van der Waals surface area contributed by atoms with Crippen LogP contribution in [0.2, 0.25) is 0 Å². The molecule has 0 aliphatic heterocycles. The zero-order chi connectivity index (χ0) is 16.9. The number of nitrogens with one attached hydrogen (secondary N) is 1. The van der Waals surface area contributed by atoms with E-state index >= 15 is 0 Å². The van der Waals surface area contributed by atoms with Crippen LogP contribution >= 0.6 is 11.3 Å². The molecule has 5 nitrogen and oxygen atoms in total. The predicted octanol–water partition coefficient (Wildman–Crippen LogP) is 3.46. The van der Waals surface area contributed by atoms with Gasteiger partial charge in [-0.2, -0.15) is 10.4 Å². The summed E-state index contributed by atoms with van der Waals surface area (Å²) in [4.78, 5) is 6.23. The van der Waals surface area contributed by atoms with Gasteiger partial charge in [-0.3, -0.25) is 0 Å². The average molecular weight is 341 g/mol. The molecule has 126 valence electrons. The van der Waals surface area contributed by atoms with Crippen molar-refractivity contribution in [2.45, 2.75) is 58.8 Å². The van der Waals surface area contributed by atoms with Gasteiger partial charge in [-0.25, -0.2) is 4.98 Å². The Morgan fingerprint density at radius 3 is 2.71 bits per heavy atom. The zero-order valence-corrected chi connectivity index (χ0v) is 15.2. The Hall–Kier alpha value is -2.00. The Balaban J connectivity index is 1.68. The molecule has 0 spiro atoms. The lowest BCUT2D eigenvalue weighted by Crippen LogP contribution is -2.12. The summed E-state index contributed by atoms with van der Waals surface area (Å²) in [7, 11) is 0. The Labute approximate surface area is 147 Å². The largest absolute Gasteiger partial charge is 0.367 e. The van der Waals surface area contributed by atoms with Crippen LogP contribution in [0.4, 0.5) is 5.82 Å². The molecule has 0 saturated heterocycles. The van der Waals surface area contributed by atoms with E-state index in [1.54, 1.807) is 0 Å². The smallest absolute Gasteiger partial charge is 0.166 e. The van der Waals surface area contributed by atoms with E-state index in [9.17, 15) is 5.26 Å². The van der Waals surface area contributed by atoms with E-state index in [-0.39, 0.29) is 0 Å². The molecule has 1 aliphatic carbocycles. The number of anilines is 1. The second kappa shape index (κ2) is 7.71. The Kier molecular flexibility index (Phi) is 5.41. The third kappa shape index (κ3) is 3.41.